The van der Waals surface area contributed by atoms with Crippen LogP contribution in [0.2, 0.25) is 0 Å². The zero-order valence-corrected chi connectivity index (χ0v) is 6.29. The minimum Gasteiger partial charge on any atom is -0.493 e. The topological polar surface area (TPSA) is 9.23 Å². The third-order valence-electron chi connectivity index (χ3n) is 2.69. The van der Waals surface area contributed by atoms with E-state index in [4.69, 9.17) is 4.74 Å². The fourth-order valence-electron chi connectivity index (χ4n) is 1.93. The minimum absolute atomic E-state index is 0.833. The summed E-state index contributed by atoms with van der Waals surface area (Å²) in [7, 11) is 0. The van der Waals surface area contributed by atoms with Crippen molar-refractivity contribution in [2.24, 2.45) is 5.92 Å². The summed E-state index contributed by atoms with van der Waals surface area (Å²) in [6, 6.07) is 8.41. The SMILES string of the molecule is c1ccc2c(c1)OC[C@H]1CC21. The van der Waals surface area contributed by atoms with Crippen LogP contribution in [0, 0.1) is 5.92 Å². The summed E-state index contributed by atoms with van der Waals surface area (Å²) in [5.41, 5.74) is 1.43. The quantitative estimate of drug-likeness (QED) is 0.545. The average molecular weight is 146 g/mol. The highest BCUT2D eigenvalue weighted by molar-refractivity contribution is 5.41. The molecule has 0 saturated heterocycles. The van der Waals surface area contributed by atoms with Gasteiger partial charge in [0.15, 0.2) is 0 Å². The molecule has 0 amide bonds. The van der Waals surface area contributed by atoms with E-state index in [-0.39, 0.29) is 0 Å². The Hall–Kier alpha value is -0.980. The Morgan fingerprint density at radius 2 is 2.18 bits per heavy atom. The summed E-state index contributed by atoms with van der Waals surface area (Å²) in [5.74, 6) is 2.79. The van der Waals surface area contributed by atoms with Crippen LogP contribution < -0.4 is 4.74 Å². The minimum atomic E-state index is 0.833. The van der Waals surface area contributed by atoms with Gasteiger partial charge >= 0.3 is 0 Å². The number of para-hydroxylation sites is 1. The first-order valence-corrected chi connectivity index (χ1v) is 4.17. The standard InChI is InChI=1S/C10H10O/c1-2-4-10-8(3-1)9-5-7(9)6-11-10/h1-4,7,9H,5-6H2/t7-,9?/m1/s1. The molecule has 1 aliphatic carbocycles. The van der Waals surface area contributed by atoms with E-state index >= 15 is 0 Å². The zero-order chi connectivity index (χ0) is 7.26. The van der Waals surface area contributed by atoms with Crippen molar-refractivity contribution in [1.82, 2.24) is 0 Å². The van der Waals surface area contributed by atoms with Crippen LogP contribution in [-0.4, -0.2) is 6.61 Å². The Morgan fingerprint density at radius 1 is 1.27 bits per heavy atom. The van der Waals surface area contributed by atoms with E-state index in [9.17, 15) is 0 Å². The highest BCUT2D eigenvalue weighted by Gasteiger charge is 2.43. The Balaban J connectivity index is 2.14. The fourth-order valence-corrected chi connectivity index (χ4v) is 1.93. The molecule has 1 aromatic carbocycles. The molecule has 56 valence electrons. The van der Waals surface area contributed by atoms with E-state index in [1.165, 1.54) is 12.0 Å². The van der Waals surface area contributed by atoms with Crippen molar-refractivity contribution in [2.75, 3.05) is 6.61 Å². The Labute approximate surface area is 66.0 Å². The Morgan fingerprint density at radius 3 is 3.18 bits per heavy atom. The molecule has 2 atom stereocenters. The van der Waals surface area contributed by atoms with Gasteiger partial charge in [0.2, 0.25) is 0 Å². The second kappa shape index (κ2) is 1.79. The van der Waals surface area contributed by atoms with Gasteiger partial charge < -0.3 is 4.74 Å². The number of hydrogen-bond donors (Lipinski definition) is 0. The van der Waals surface area contributed by atoms with Gasteiger partial charge in [0.1, 0.15) is 5.75 Å². The highest BCUT2D eigenvalue weighted by atomic mass is 16.5. The smallest absolute Gasteiger partial charge is 0.122 e. The molecule has 0 bridgehead atoms. The second-order valence-corrected chi connectivity index (χ2v) is 3.45. The van der Waals surface area contributed by atoms with Crippen LogP contribution in [0.15, 0.2) is 24.3 Å². The van der Waals surface area contributed by atoms with Gasteiger partial charge in [-0.25, -0.2) is 0 Å². The van der Waals surface area contributed by atoms with Crippen LogP contribution in [0.1, 0.15) is 17.9 Å². The van der Waals surface area contributed by atoms with Crippen molar-refractivity contribution >= 4 is 0 Å². The maximum atomic E-state index is 5.58. The third kappa shape index (κ3) is 0.710. The summed E-state index contributed by atoms with van der Waals surface area (Å²) in [4.78, 5) is 0. The fraction of sp³-hybridized carbons (Fsp3) is 0.400. The molecule has 11 heavy (non-hydrogen) atoms. The van der Waals surface area contributed by atoms with Crippen LogP contribution in [-0.2, 0) is 0 Å². The largest absolute Gasteiger partial charge is 0.493 e. The monoisotopic (exact) mass is 146 g/mol. The number of rotatable bonds is 0. The van der Waals surface area contributed by atoms with Gasteiger partial charge in [-0.3, -0.25) is 0 Å². The average Bonchev–Trinajstić information content (AvgIpc) is 2.83. The molecule has 1 saturated carbocycles. The molecule has 0 N–H and O–H groups in total. The highest BCUT2D eigenvalue weighted by Crippen LogP contribution is 2.53. The van der Waals surface area contributed by atoms with Gasteiger partial charge in [-0.1, -0.05) is 18.2 Å². The van der Waals surface area contributed by atoms with Crippen molar-refractivity contribution in [3.8, 4) is 5.75 Å². The van der Waals surface area contributed by atoms with Crippen molar-refractivity contribution in [2.45, 2.75) is 12.3 Å². The van der Waals surface area contributed by atoms with Crippen molar-refractivity contribution in [3.63, 3.8) is 0 Å². The van der Waals surface area contributed by atoms with E-state index in [0.717, 1.165) is 24.2 Å². The predicted octanol–water partition coefficient (Wildman–Crippen LogP) is 2.18. The van der Waals surface area contributed by atoms with Crippen LogP contribution >= 0.6 is 0 Å². The molecule has 1 unspecified atom stereocenters. The van der Waals surface area contributed by atoms with Crippen LogP contribution in [0.25, 0.3) is 0 Å². The molecule has 0 aromatic heterocycles. The third-order valence-corrected chi connectivity index (χ3v) is 2.69. The predicted molar refractivity (Wildman–Crippen MR) is 42.8 cm³/mol. The molecule has 1 heterocycles. The van der Waals surface area contributed by atoms with Gasteiger partial charge in [0, 0.05) is 5.92 Å². The lowest BCUT2D eigenvalue weighted by Gasteiger charge is -2.15. The van der Waals surface area contributed by atoms with Crippen LogP contribution in [0.4, 0.5) is 0 Å². The normalized spacial score (nSPS) is 31.6. The van der Waals surface area contributed by atoms with Gasteiger partial charge in [0.05, 0.1) is 6.61 Å². The molecular formula is C10H10O. The van der Waals surface area contributed by atoms with E-state index in [1.54, 1.807) is 0 Å². The first kappa shape index (κ1) is 5.64. The summed E-state index contributed by atoms with van der Waals surface area (Å²) in [5, 5.41) is 0. The lowest BCUT2D eigenvalue weighted by atomic mass is 10.1. The van der Waals surface area contributed by atoms with Gasteiger partial charge in [-0.15, -0.1) is 0 Å². The lowest BCUT2D eigenvalue weighted by molar-refractivity contribution is 0.279. The van der Waals surface area contributed by atoms with Gasteiger partial charge in [-0.2, -0.15) is 0 Å². The summed E-state index contributed by atoms with van der Waals surface area (Å²) in [6.07, 6.45) is 1.34. The summed E-state index contributed by atoms with van der Waals surface area (Å²) < 4.78 is 5.58. The number of hydrogen-bond acceptors (Lipinski definition) is 1. The molecule has 1 heteroatoms. The number of fused-ring (bicyclic) bond motifs is 3. The van der Waals surface area contributed by atoms with E-state index < -0.39 is 0 Å². The van der Waals surface area contributed by atoms with Crippen LogP contribution in [0.5, 0.6) is 5.75 Å². The molecule has 1 aromatic rings. The van der Waals surface area contributed by atoms with Crippen LogP contribution in [0.3, 0.4) is 0 Å². The van der Waals surface area contributed by atoms with E-state index in [2.05, 4.69) is 18.2 Å². The molecule has 1 nitrogen and oxygen atoms in total. The van der Waals surface area contributed by atoms with Crippen molar-refractivity contribution < 1.29 is 4.74 Å². The van der Waals surface area contributed by atoms with E-state index in [1.807, 2.05) is 6.07 Å². The summed E-state index contributed by atoms with van der Waals surface area (Å²) in [6.45, 7) is 0.946. The molecule has 1 aliphatic heterocycles. The second-order valence-electron chi connectivity index (χ2n) is 3.45. The maximum Gasteiger partial charge on any atom is 0.122 e. The van der Waals surface area contributed by atoms with Crippen molar-refractivity contribution in [3.05, 3.63) is 29.8 Å². The van der Waals surface area contributed by atoms with Gasteiger partial charge in [-0.05, 0) is 24.0 Å². The first-order valence-electron chi connectivity index (χ1n) is 4.17. The number of ether oxygens (including phenoxy) is 1. The molecule has 3 rings (SSSR count). The first-order chi connectivity index (χ1) is 5.45. The maximum absolute atomic E-state index is 5.58. The molecule has 1 fully saturated rings. The Kier molecular flexibility index (Phi) is 0.916. The van der Waals surface area contributed by atoms with E-state index in [0.29, 0.717) is 0 Å². The van der Waals surface area contributed by atoms with Gasteiger partial charge in [0.25, 0.3) is 0 Å². The summed E-state index contributed by atoms with van der Waals surface area (Å²) >= 11 is 0. The molecular weight excluding hydrogens is 136 g/mol. The molecule has 0 radical (unpaired) electrons. The van der Waals surface area contributed by atoms with Crippen molar-refractivity contribution in [1.29, 1.82) is 0 Å². The molecule has 2 aliphatic rings. The lowest BCUT2D eigenvalue weighted by Crippen LogP contribution is -2.07. The Bertz CT molecular complexity index is 293. The number of benzene rings is 1. The molecule has 0 spiro atoms. The zero-order valence-electron chi connectivity index (χ0n) is 6.29.